The van der Waals surface area contributed by atoms with Crippen LogP contribution in [0.3, 0.4) is 0 Å². The van der Waals surface area contributed by atoms with E-state index < -0.39 is 4.92 Å². The Labute approximate surface area is 115 Å². The molecule has 0 aliphatic rings. The minimum Gasteiger partial charge on any atom is -0.497 e. The van der Waals surface area contributed by atoms with Crippen LogP contribution in [0.2, 0.25) is 0 Å². The number of nitrogens with two attached hydrogens (primary N) is 1. The number of hydrogen-bond donors (Lipinski definition) is 1. The monoisotopic (exact) mass is 274 g/mol. The van der Waals surface area contributed by atoms with Gasteiger partial charge in [-0.2, -0.15) is 0 Å². The fourth-order valence-corrected chi connectivity index (χ4v) is 1.73. The standard InChI is InChI=1S/C14H14N2O4/c1-9-7-13(16(17)18)12(15)8-14(9)20-11-5-3-10(19-2)4-6-11/h3-8H,15H2,1-2H3. The van der Waals surface area contributed by atoms with E-state index in [-0.39, 0.29) is 11.4 Å². The number of nitro benzene ring substituents is 1. The lowest BCUT2D eigenvalue weighted by atomic mass is 10.1. The maximum absolute atomic E-state index is 10.8. The number of anilines is 1. The fourth-order valence-electron chi connectivity index (χ4n) is 1.73. The van der Waals surface area contributed by atoms with Crippen LogP contribution >= 0.6 is 0 Å². The summed E-state index contributed by atoms with van der Waals surface area (Å²) in [6.45, 7) is 1.73. The van der Waals surface area contributed by atoms with E-state index in [9.17, 15) is 10.1 Å². The summed E-state index contributed by atoms with van der Waals surface area (Å²) in [5, 5.41) is 10.8. The average Bonchev–Trinajstić information content (AvgIpc) is 2.43. The first-order valence-electron chi connectivity index (χ1n) is 5.87. The molecular weight excluding hydrogens is 260 g/mol. The van der Waals surface area contributed by atoms with Gasteiger partial charge in [0.2, 0.25) is 0 Å². The van der Waals surface area contributed by atoms with Gasteiger partial charge in [-0.1, -0.05) is 0 Å². The molecule has 0 aliphatic carbocycles. The lowest BCUT2D eigenvalue weighted by Gasteiger charge is -2.10. The predicted octanol–water partition coefficient (Wildman–Crippen LogP) is 3.29. The summed E-state index contributed by atoms with van der Waals surface area (Å²) < 4.78 is 10.7. The number of ether oxygens (including phenoxy) is 2. The number of rotatable bonds is 4. The van der Waals surface area contributed by atoms with E-state index in [1.54, 1.807) is 38.3 Å². The molecule has 0 atom stereocenters. The van der Waals surface area contributed by atoms with Gasteiger partial charge in [-0.3, -0.25) is 10.1 Å². The molecule has 20 heavy (non-hydrogen) atoms. The molecule has 2 N–H and O–H groups in total. The van der Waals surface area contributed by atoms with Crippen molar-refractivity contribution in [3.8, 4) is 17.2 Å². The Kier molecular flexibility index (Phi) is 3.74. The van der Waals surface area contributed by atoms with Crippen molar-refractivity contribution in [1.82, 2.24) is 0 Å². The molecule has 0 fully saturated rings. The van der Waals surface area contributed by atoms with Gasteiger partial charge >= 0.3 is 0 Å². The summed E-state index contributed by atoms with van der Waals surface area (Å²) in [5.41, 5.74) is 6.24. The van der Waals surface area contributed by atoms with Gasteiger partial charge in [-0.05, 0) is 36.8 Å². The van der Waals surface area contributed by atoms with E-state index in [2.05, 4.69) is 0 Å². The van der Waals surface area contributed by atoms with Crippen molar-refractivity contribution >= 4 is 11.4 Å². The highest BCUT2D eigenvalue weighted by Crippen LogP contribution is 2.33. The molecule has 6 heteroatoms. The molecule has 2 aromatic carbocycles. The minimum atomic E-state index is -0.514. The van der Waals surface area contributed by atoms with Gasteiger partial charge in [-0.15, -0.1) is 0 Å². The molecule has 0 aliphatic heterocycles. The second-order valence-electron chi connectivity index (χ2n) is 4.21. The highest BCUT2D eigenvalue weighted by atomic mass is 16.6. The van der Waals surface area contributed by atoms with Crippen LogP contribution < -0.4 is 15.2 Å². The highest BCUT2D eigenvalue weighted by molar-refractivity contribution is 5.63. The van der Waals surface area contributed by atoms with E-state index in [1.807, 2.05) is 0 Å². The first-order chi connectivity index (χ1) is 9.51. The topological polar surface area (TPSA) is 87.6 Å². The second-order valence-corrected chi connectivity index (χ2v) is 4.21. The SMILES string of the molecule is COc1ccc(Oc2cc(N)c([N+](=O)[O-])cc2C)cc1. The zero-order valence-corrected chi connectivity index (χ0v) is 11.1. The van der Waals surface area contributed by atoms with Crippen LogP contribution in [0.15, 0.2) is 36.4 Å². The smallest absolute Gasteiger partial charge is 0.292 e. The maximum Gasteiger partial charge on any atom is 0.292 e. The van der Waals surface area contributed by atoms with Crippen molar-refractivity contribution in [3.63, 3.8) is 0 Å². The molecule has 0 amide bonds. The van der Waals surface area contributed by atoms with Crippen LogP contribution in [0.5, 0.6) is 17.2 Å². The Morgan fingerprint density at radius 3 is 2.30 bits per heavy atom. The molecule has 0 saturated heterocycles. The normalized spacial score (nSPS) is 10.1. The van der Waals surface area contributed by atoms with Gasteiger partial charge in [0.1, 0.15) is 22.9 Å². The van der Waals surface area contributed by atoms with Crippen molar-refractivity contribution in [3.05, 3.63) is 52.1 Å². The van der Waals surface area contributed by atoms with Gasteiger partial charge < -0.3 is 15.2 Å². The summed E-state index contributed by atoms with van der Waals surface area (Å²) in [4.78, 5) is 10.3. The zero-order chi connectivity index (χ0) is 14.7. The number of nitro groups is 1. The zero-order valence-electron chi connectivity index (χ0n) is 11.1. The van der Waals surface area contributed by atoms with Gasteiger partial charge in [0.05, 0.1) is 12.0 Å². The highest BCUT2D eigenvalue weighted by Gasteiger charge is 2.15. The maximum atomic E-state index is 10.8. The number of benzene rings is 2. The van der Waals surface area contributed by atoms with Crippen molar-refractivity contribution in [2.75, 3.05) is 12.8 Å². The van der Waals surface area contributed by atoms with Gasteiger partial charge in [-0.25, -0.2) is 0 Å². The van der Waals surface area contributed by atoms with Crippen molar-refractivity contribution < 1.29 is 14.4 Å². The number of nitrogen functional groups attached to an aromatic ring is 1. The van der Waals surface area contributed by atoms with E-state index in [0.29, 0.717) is 17.1 Å². The van der Waals surface area contributed by atoms with E-state index in [0.717, 1.165) is 5.75 Å². The second kappa shape index (κ2) is 5.48. The molecule has 0 saturated carbocycles. The van der Waals surface area contributed by atoms with Crippen LogP contribution in [0.4, 0.5) is 11.4 Å². The van der Waals surface area contributed by atoms with Crippen LogP contribution in [-0.4, -0.2) is 12.0 Å². The van der Waals surface area contributed by atoms with E-state index >= 15 is 0 Å². The molecule has 0 aromatic heterocycles. The molecule has 0 unspecified atom stereocenters. The summed E-state index contributed by atoms with van der Waals surface area (Å²) >= 11 is 0. The Balaban J connectivity index is 2.29. The molecule has 0 radical (unpaired) electrons. The summed E-state index contributed by atoms with van der Waals surface area (Å²) in [5.74, 6) is 1.80. The Morgan fingerprint density at radius 2 is 1.75 bits per heavy atom. The predicted molar refractivity (Wildman–Crippen MR) is 75.3 cm³/mol. The molecule has 2 aromatic rings. The van der Waals surface area contributed by atoms with Gasteiger partial charge in [0, 0.05) is 12.1 Å². The lowest BCUT2D eigenvalue weighted by Crippen LogP contribution is -1.98. The fraction of sp³-hybridized carbons (Fsp3) is 0.143. The van der Waals surface area contributed by atoms with E-state index in [1.165, 1.54) is 12.1 Å². The number of aryl methyl sites for hydroxylation is 1. The largest absolute Gasteiger partial charge is 0.497 e. The molecule has 6 nitrogen and oxygen atoms in total. The number of hydrogen-bond acceptors (Lipinski definition) is 5. The van der Waals surface area contributed by atoms with Crippen molar-refractivity contribution in [2.24, 2.45) is 0 Å². The van der Waals surface area contributed by atoms with Gasteiger partial charge in [0.15, 0.2) is 0 Å². The van der Waals surface area contributed by atoms with Crippen molar-refractivity contribution in [1.29, 1.82) is 0 Å². The quantitative estimate of drug-likeness (QED) is 0.525. The summed E-state index contributed by atoms with van der Waals surface area (Å²) in [7, 11) is 1.58. The first-order valence-corrected chi connectivity index (χ1v) is 5.87. The molecule has 0 heterocycles. The molecule has 2 rings (SSSR count). The molecule has 104 valence electrons. The average molecular weight is 274 g/mol. The van der Waals surface area contributed by atoms with Crippen LogP contribution in [0, 0.1) is 17.0 Å². The van der Waals surface area contributed by atoms with Crippen LogP contribution in [0.25, 0.3) is 0 Å². The molecular formula is C14H14N2O4. The Hall–Kier alpha value is -2.76. The molecule has 0 bridgehead atoms. The van der Waals surface area contributed by atoms with E-state index in [4.69, 9.17) is 15.2 Å². The number of nitrogens with zero attached hydrogens (tertiary/aromatic N) is 1. The first kappa shape index (κ1) is 13.7. The number of methoxy groups -OCH3 is 1. The Bertz CT molecular complexity index is 638. The van der Waals surface area contributed by atoms with Crippen LogP contribution in [-0.2, 0) is 0 Å². The molecule has 0 spiro atoms. The Morgan fingerprint density at radius 1 is 1.15 bits per heavy atom. The third-order valence-electron chi connectivity index (χ3n) is 2.81. The third-order valence-corrected chi connectivity index (χ3v) is 2.81. The minimum absolute atomic E-state index is 0.0733. The van der Waals surface area contributed by atoms with Gasteiger partial charge in [0.25, 0.3) is 5.69 Å². The van der Waals surface area contributed by atoms with Crippen LogP contribution in [0.1, 0.15) is 5.56 Å². The van der Waals surface area contributed by atoms with Crippen molar-refractivity contribution in [2.45, 2.75) is 6.92 Å². The summed E-state index contributed by atoms with van der Waals surface area (Å²) in [6, 6.07) is 9.87. The summed E-state index contributed by atoms with van der Waals surface area (Å²) in [6.07, 6.45) is 0. The third kappa shape index (κ3) is 2.80. The lowest BCUT2D eigenvalue weighted by molar-refractivity contribution is -0.384.